The predicted octanol–water partition coefficient (Wildman–Crippen LogP) is 10.7. The van der Waals surface area contributed by atoms with Gasteiger partial charge in [-0.1, -0.05) is 104 Å². The minimum absolute atomic E-state index is 1.26. The topological polar surface area (TPSA) is 9.86 Å². The Balaban J connectivity index is 0.000000523. The van der Waals surface area contributed by atoms with Gasteiger partial charge in [-0.15, -0.1) is 0 Å². The van der Waals surface area contributed by atoms with Gasteiger partial charge in [0.2, 0.25) is 0 Å². The van der Waals surface area contributed by atoms with Crippen molar-refractivity contribution in [3.05, 3.63) is 84.9 Å². The summed E-state index contributed by atoms with van der Waals surface area (Å²) >= 11 is 0. The van der Waals surface area contributed by atoms with Crippen LogP contribution in [-0.4, -0.2) is 9.13 Å². The molecule has 2 heterocycles. The first-order valence-corrected chi connectivity index (χ1v) is 13.7. The van der Waals surface area contributed by atoms with Gasteiger partial charge in [0.1, 0.15) is 0 Å². The van der Waals surface area contributed by atoms with E-state index in [4.69, 9.17) is 0 Å². The molecule has 0 N–H and O–H groups in total. The van der Waals surface area contributed by atoms with E-state index in [2.05, 4.69) is 108 Å². The molecule has 2 aromatic heterocycles. The van der Waals surface area contributed by atoms with Crippen LogP contribution in [0.25, 0.3) is 54.7 Å². The molecule has 6 rings (SSSR count). The number of benzene rings is 4. The van der Waals surface area contributed by atoms with Crippen LogP contribution in [-0.2, 0) is 14.1 Å². The molecular weight excluding hydrogens is 436 g/mol. The second-order valence-corrected chi connectivity index (χ2v) is 7.62. The number of aromatic nitrogens is 2. The summed E-state index contributed by atoms with van der Waals surface area (Å²) in [4.78, 5) is 0. The van der Waals surface area contributed by atoms with Gasteiger partial charge < -0.3 is 9.13 Å². The maximum Gasteiger partial charge on any atom is 0.0489 e. The van der Waals surface area contributed by atoms with Crippen molar-refractivity contribution >= 4 is 43.6 Å². The summed E-state index contributed by atoms with van der Waals surface area (Å²) in [5.74, 6) is 0. The molecule has 0 atom stereocenters. The molecular formula is C34H44N2. The lowest BCUT2D eigenvalue weighted by molar-refractivity contribution is 1.01. The van der Waals surface area contributed by atoms with Crippen LogP contribution in [0.5, 0.6) is 0 Å². The van der Waals surface area contributed by atoms with Crippen LogP contribution in [0.2, 0.25) is 0 Å². The molecule has 0 unspecified atom stereocenters. The van der Waals surface area contributed by atoms with Gasteiger partial charge in [0.15, 0.2) is 0 Å². The summed E-state index contributed by atoms with van der Waals surface area (Å²) in [5, 5.41) is 5.25. The first-order chi connectivity index (χ1) is 17.7. The zero-order chi connectivity index (χ0) is 26.8. The summed E-state index contributed by atoms with van der Waals surface area (Å²) in [6, 6.07) is 30.9. The average Bonchev–Trinajstić information content (AvgIpc) is 3.44. The monoisotopic (exact) mass is 480 g/mol. The molecule has 0 fully saturated rings. The lowest BCUT2D eigenvalue weighted by Gasteiger charge is -2.05. The molecule has 190 valence electrons. The molecule has 36 heavy (non-hydrogen) atoms. The van der Waals surface area contributed by atoms with Crippen LogP contribution in [0.3, 0.4) is 0 Å². The SMILES string of the molecule is CC.CC.CC.CC.Cn1c2ccccc2c2cc(-c3ccc4c(c3)c3ccccc3n4C)ccc21. The number of nitrogens with zero attached hydrogens (tertiary/aromatic N) is 2. The minimum Gasteiger partial charge on any atom is -0.344 e. The van der Waals surface area contributed by atoms with Crippen molar-refractivity contribution in [2.24, 2.45) is 14.1 Å². The lowest BCUT2D eigenvalue weighted by atomic mass is 10.0. The first-order valence-electron chi connectivity index (χ1n) is 13.7. The Kier molecular flexibility index (Phi) is 10.8. The highest BCUT2D eigenvalue weighted by molar-refractivity contribution is 6.11. The molecule has 0 bridgehead atoms. The average molecular weight is 481 g/mol. The van der Waals surface area contributed by atoms with Crippen LogP contribution in [0.15, 0.2) is 84.9 Å². The summed E-state index contributed by atoms with van der Waals surface area (Å²) in [7, 11) is 4.29. The number of hydrogen-bond donors (Lipinski definition) is 0. The summed E-state index contributed by atoms with van der Waals surface area (Å²) in [6.07, 6.45) is 0. The van der Waals surface area contributed by atoms with Gasteiger partial charge in [0, 0.05) is 57.7 Å². The maximum absolute atomic E-state index is 2.34. The van der Waals surface area contributed by atoms with Gasteiger partial charge >= 0.3 is 0 Å². The molecule has 0 aliphatic rings. The van der Waals surface area contributed by atoms with Crippen LogP contribution in [0, 0.1) is 0 Å². The van der Waals surface area contributed by atoms with Gasteiger partial charge in [0.05, 0.1) is 0 Å². The summed E-state index contributed by atoms with van der Waals surface area (Å²) in [5.41, 5.74) is 7.63. The third-order valence-electron chi connectivity index (χ3n) is 6.16. The van der Waals surface area contributed by atoms with Crippen molar-refractivity contribution in [2.75, 3.05) is 0 Å². The standard InChI is InChI=1S/C26H20N2.4C2H6/c1-27-23-9-5-3-7-19(23)21-15-17(11-13-25(21)27)18-12-14-26-22(16-18)20-8-4-6-10-24(20)28(26)2;4*1-2/h3-16H,1-2H3;4*1-2H3. The van der Waals surface area contributed by atoms with Gasteiger partial charge in [-0.25, -0.2) is 0 Å². The fourth-order valence-electron chi connectivity index (χ4n) is 4.69. The van der Waals surface area contributed by atoms with Crippen LogP contribution in [0.4, 0.5) is 0 Å². The number of rotatable bonds is 1. The Morgan fingerprint density at radius 2 is 0.667 bits per heavy atom. The fourth-order valence-corrected chi connectivity index (χ4v) is 4.69. The molecule has 0 spiro atoms. The van der Waals surface area contributed by atoms with E-state index in [9.17, 15) is 0 Å². The smallest absolute Gasteiger partial charge is 0.0489 e. The van der Waals surface area contributed by atoms with Crippen molar-refractivity contribution < 1.29 is 0 Å². The Hall–Kier alpha value is -3.52. The number of fused-ring (bicyclic) bond motifs is 6. The zero-order valence-corrected chi connectivity index (χ0v) is 24.0. The third-order valence-corrected chi connectivity index (χ3v) is 6.16. The lowest BCUT2D eigenvalue weighted by Crippen LogP contribution is -1.87. The van der Waals surface area contributed by atoms with E-state index in [0.29, 0.717) is 0 Å². The maximum atomic E-state index is 2.34. The quantitative estimate of drug-likeness (QED) is 0.221. The van der Waals surface area contributed by atoms with E-state index in [-0.39, 0.29) is 0 Å². The molecule has 2 heteroatoms. The first kappa shape index (κ1) is 28.7. The molecule has 0 amide bonds. The van der Waals surface area contributed by atoms with Crippen LogP contribution >= 0.6 is 0 Å². The second-order valence-electron chi connectivity index (χ2n) is 7.62. The number of aryl methyl sites for hydroxylation is 2. The molecule has 4 aromatic carbocycles. The molecule has 0 saturated heterocycles. The molecule has 0 saturated carbocycles. The van der Waals surface area contributed by atoms with E-state index in [1.807, 2.05) is 55.4 Å². The van der Waals surface area contributed by atoms with E-state index >= 15 is 0 Å². The molecule has 0 aliphatic heterocycles. The highest BCUT2D eigenvalue weighted by atomic mass is 14.9. The normalized spacial score (nSPS) is 9.94. The predicted molar refractivity (Wildman–Crippen MR) is 165 cm³/mol. The Labute approximate surface area is 218 Å². The van der Waals surface area contributed by atoms with E-state index < -0.39 is 0 Å². The van der Waals surface area contributed by atoms with Gasteiger partial charge in [-0.3, -0.25) is 0 Å². The van der Waals surface area contributed by atoms with E-state index in [1.165, 1.54) is 54.7 Å². The zero-order valence-electron chi connectivity index (χ0n) is 24.0. The Morgan fingerprint density at radius 3 is 1.03 bits per heavy atom. The van der Waals surface area contributed by atoms with Crippen LogP contribution < -0.4 is 0 Å². The fraction of sp³-hybridized carbons (Fsp3) is 0.294. The molecule has 0 aliphatic carbocycles. The van der Waals surface area contributed by atoms with Gasteiger partial charge in [-0.2, -0.15) is 0 Å². The number of hydrogen-bond acceptors (Lipinski definition) is 0. The van der Waals surface area contributed by atoms with Crippen molar-refractivity contribution in [3.8, 4) is 11.1 Å². The second kappa shape index (κ2) is 13.5. The Morgan fingerprint density at radius 1 is 0.361 bits per heavy atom. The summed E-state index contributed by atoms with van der Waals surface area (Å²) < 4.78 is 4.56. The van der Waals surface area contributed by atoms with Crippen molar-refractivity contribution in [3.63, 3.8) is 0 Å². The largest absolute Gasteiger partial charge is 0.344 e. The van der Waals surface area contributed by atoms with E-state index in [1.54, 1.807) is 0 Å². The summed E-state index contributed by atoms with van der Waals surface area (Å²) in [6.45, 7) is 16.0. The molecule has 6 aromatic rings. The minimum atomic E-state index is 1.26. The van der Waals surface area contributed by atoms with Crippen molar-refractivity contribution in [1.82, 2.24) is 9.13 Å². The van der Waals surface area contributed by atoms with Gasteiger partial charge in [-0.05, 0) is 47.5 Å². The molecule has 0 radical (unpaired) electrons. The highest BCUT2D eigenvalue weighted by Gasteiger charge is 2.11. The van der Waals surface area contributed by atoms with Gasteiger partial charge in [0.25, 0.3) is 0 Å². The van der Waals surface area contributed by atoms with E-state index in [0.717, 1.165) is 0 Å². The van der Waals surface area contributed by atoms with Crippen molar-refractivity contribution in [1.29, 1.82) is 0 Å². The Bertz CT molecular complexity index is 1410. The van der Waals surface area contributed by atoms with Crippen LogP contribution in [0.1, 0.15) is 55.4 Å². The van der Waals surface area contributed by atoms with Crippen molar-refractivity contribution in [2.45, 2.75) is 55.4 Å². The highest BCUT2D eigenvalue weighted by Crippen LogP contribution is 2.35. The third kappa shape index (κ3) is 5.04. The molecule has 2 nitrogen and oxygen atoms in total. The number of para-hydroxylation sites is 2.